The van der Waals surface area contributed by atoms with Crippen molar-refractivity contribution >= 4 is 44.1 Å². The topological polar surface area (TPSA) is 122 Å². The van der Waals surface area contributed by atoms with Crippen molar-refractivity contribution in [3.63, 3.8) is 0 Å². The van der Waals surface area contributed by atoms with E-state index in [4.69, 9.17) is 16.3 Å². The molecule has 2 atom stereocenters. The number of piperazine rings is 1. The summed E-state index contributed by atoms with van der Waals surface area (Å²) in [5, 5.41) is 10.3. The number of benzene rings is 2. The first-order valence-corrected chi connectivity index (χ1v) is 18.4. The number of pyridine rings is 2. The minimum Gasteiger partial charge on any atom is -0.507 e. The number of fused-ring (bicyclic) bond motifs is 1. The zero-order chi connectivity index (χ0) is 37.2. The van der Waals surface area contributed by atoms with Crippen LogP contribution in [0, 0.1) is 18.6 Å². The van der Waals surface area contributed by atoms with Crippen LogP contribution in [-0.2, 0) is 14.6 Å². The number of carbonyl (C=O) groups excluding carboxylic acids is 1. The third kappa shape index (κ3) is 6.53. The van der Waals surface area contributed by atoms with E-state index in [-0.39, 0.29) is 46.3 Å². The van der Waals surface area contributed by atoms with Gasteiger partial charge in [0.1, 0.15) is 17.2 Å². The van der Waals surface area contributed by atoms with Gasteiger partial charge in [-0.3, -0.25) is 14.3 Å². The lowest BCUT2D eigenvalue weighted by molar-refractivity contribution is 0.0130. The Bertz CT molecular complexity index is 2180. The van der Waals surface area contributed by atoms with Gasteiger partial charge < -0.3 is 19.6 Å². The van der Waals surface area contributed by atoms with E-state index in [0.717, 1.165) is 16.9 Å². The normalized spacial score (nSPS) is 17.1. The number of sulfone groups is 1. The minimum atomic E-state index is -4.34. The van der Waals surface area contributed by atoms with Crippen molar-refractivity contribution in [2.45, 2.75) is 83.9 Å². The average molecular weight is 731 g/mol. The molecule has 2 aromatic carbocycles. The second kappa shape index (κ2) is 13.1. The second-order valence-corrected chi connectivity index (χ2v) is 16.5. The molecule has 1 amide bonds. The molecule has 0 saturated carbocycles. The van der Waals surface area contributed by atoms with Gasteiger partial charge in [-0.25, -0.2) is 22.0 Å². The second-order valence-electron chi connectivity index (χ2n) is 14.2. The van der Waals surface area contributed by atoms with Crippen LogP contribution in [0.4, 0.5) is 19.3 Å². The monoisotopic (exact) mass is 730 g/mol. The van der Waals surface area contributed by atoms with Gasteiger partial charge in [0, 0.05) is 48.6 Å². The Labute approximate surface area is 295 Å². The first-order valence-electron chi connectivity index (χ1n) is 16.2. The number of amides is 1. The van der Waals surface area contributed by atoms with Gasteiger partial charge in [-0.05, 0) is 77.3 Å². The Morgan fingerprint density at radius 1 is 1.08 bits per heavy atom. The highest BCUT2D eigenvalue weighted by molar-refractivity contribution is 7.90. The molecule has 50 heavy (non-hydrogen) atoms. The van der Waals surface area contributed by atoms with Crippen LogP contribution in [0.5, 0.6) is 5.75 Å². The lowest BCUT2D eigenvalue weighted by atomic mass is 9.98. The molecule has 1 aliphatic rings. The van der Waals surface area contributed by atoms with Gasteiger partial charge in [-0.2, -0.15) is 0 Å². The Kier molecular flexibility index (Phi) is 9.74. The van der Waals surface area contributed by atoms with E-state index in [0.29, 0.717) is 11.3 Å². The van der Waals surface area contributed by atoms with Gasteiger partial charge in [-0.1, -0.05) is 31.5 Å². The highest BCUT2D eigenvalue weighted by Crippen LogP contribution is 2.45. The van der Waals surface area contributed by atoms with Crippen LogP contribution in [0.25, 0.3) is 27.7 Å². The number of phenolic OH excluding ortho intramolecular Hbond substituents is 1. The average Bonchev–Trinajstić information content (AvgIpc) is 2.98. The molecule has 0 aliphatic carbocycles. The van der Waals surface area contributed by atoms with Crippen LogP contribution < -0.4 is 10.5 Å². The molecule has 1 saturated heterocycles. The number of phenols is 1. The number of nitrogens with zero attached hydrogens (tertiary/aromatic N) is 4. The Hall–Kier alpha value is -4.23. The molecule has 0 spiro atoms. The number of carbonyl (C=O) groups is 1. The van der Waals surface area contributed by atoms with Gasteiger partial charge in [-0.15, -0.1) is 0 Å². The predicted octanol–water partition coefficient (Wildman–Crippen LogP) is 7.36. The molecule has 1 N–H and O–H groups in total. The molecule has 0 unspecified atom stereocenters. The van der Waals surface area contributed by atoms with Gasteiger partial charge in [0.05, 0.1) is 33.2 Å². The summed E-state index contributed by atoms with van der Waals surface area (Å²) >= 11 is 6.75. The van der Waals surface area contributed by atoms with Crippen molar-refractivity contribution < 1.29 is 31.8 Å². The first-order chi connectivity index (χ1) is 23.2. The lowest BCUT2D eigenvalue weighted by Gasteiger charge is -2.46. The maximum atomic E-state index is 17.5. The van der Waals surface area contributed by atoms with Crippen LogP contribution in [0.15, 0.2) is 46.2 Å². The molecule has 10 nitrogen and oxygen atoms in total. The molecule has 14 heteroatoms. The number of hydrogen-bond donors (Lipinski definition) is 1. The van der Waals surface area contributed by atoms with Crippen molar-refractivity contribution in [1.82, 2.24) is 14.5 Å². The standard InChI is InChI=1S/C36H41ClF2N4O6S/c1-18(2)29-30(19(3)13-14-40-29)43-31-22(15-23(37)26(28(31)39)27-24(38)11-10-12-25(27)44)32(33(34(43)45)50(9,47)48)41-16-21(5)42(17-20(41)4)35(46)49-36(6,7)8/h10-15,18,20-21,44H,16-17H2,1-9H3/t20-,21+/m0/s1. The molecule has 0 radical (unpaired) electrons. The number of halogens is 3. The molecule has 4 aromatic rings. The van der Waals surface area contributed by atoms with Gasteiger partial charge >= 0.3 is 6.09 Å². The Morgan fingerprint density at radius 3 is 2.32 bits per heavy atom. The Morgan fingerprint density at radius 2 is 1.74 bits per heavy atom. The zero-order valence-corrected chi connectivity index (χ0v) is 31.0. The molecule has 5 rings (SSSR count). The fourth-order valence-electron chi connectivity index (χ4n) is 6.55. The molecular weight excluding hydrogens is 690 g/mol. The van der Waals surface area contributed by atoms with Crippen LogP contribution in [0.3, 0.4) is 0 Å². The molecule has 268 valence electrons. The van der Waals surface area contributed by atoms with E-state index in [9.17, 15) is 23.1 Å². The smallest absolute Gasteiger partial charge is 0.410 e. The zero-order valence-electron chi connectivity index (χ0n) is 29.4. The van der Waals surface area contributed by atoms with E-state index < -0.39 is 72.6 Å². The molecule has 1 aliphatic heterocycles. The minimum absolute atomic E-state index is 0.0414. The van der Waals surface area contributed by atoms with Crippen molar-refractivity contribution in [3.8, 4) is 22.6 Å². The number of aryl methyl sites for hydroxylation is 1. The third-order valence-corrected chi connectivity index (χ3v) is 10.1. The highest BCUT2D eigenvalue weighted by atomic mass is 35.5. The van der Waals surface area contributed by atoms with E-state index in [1.54, 1.807) is 52.5 Å². The van der Waals surface area contributed by atoms with E-state index in [1.807, 2.05) is 13.8 Å². The summed E-state index contributed by atoms with van der Waals surface area (Å²) < 4.78 is 66.9. The van der Waals surface area contributed by atoms with Gasteiger partial charge in [0.15, 0.2) is 20.5 Å². The van der Waals surface area contributed by atoms with Crippen molar-refractivity contribution in [2.24, 2.45) is 0 Å². The fraction of sp³-hybridized carbons (Fsp3) is 0.417. The summed E-state index contributed by atoms with van der Waals surface area (Å²) in [6.45, 7) is 14.2. The fourth-order valence-corrected chi connectivity index (χ4v) is 7.83. The summed E-state index contributed by atoms with van der Waals surface area (Å²) in [5.41, 5.74) is -2.29. The summed E-state index contributed by atoms with van der Waals surface area (Å²) in [6.07, 6.45) is 1.88. The summed E-state index contributed by atoms with van der Waals surface area (Å²) in [4.78, 5) is 35.1. The predicted molar refractivity (Wildman–Crippen MR) is 191 cm³/mol. The largest absolute Gasteiger partial charge is 0.507 e. The van der Waals surface area contributed by atoms with E-state index in [2.05, 4.69) is 4.98 Å². The first kappa shape index (κ1) is 37.0. The van der Waals surface area contributed by atoms with Crippen LogP contribution in [0.2, 0.25) is 5.02 Å². The number of rotatable bonds is 5. The number of ether oxygens (including phenoxy) is 1. The van der Waals surface area contributed by atoms with Crippen molar-refractivity contribution in [3.05, 3.63) is 74.8 Å². The van der Waals surface area contributed by atoms with E-state index in [1.165, 1.54) is 29.3 Å². The molecule has 2 aromatic heterocycles. The third-order valence-electron chi connectivity index (χ3n) is 8.72. The maximum Gasteiger partial charge on any atom is 0.410 e. The quantitative estimate of drug-likeness (QED) is 0.226. The highest BCUT2D eigenvalue weighted by Gasteiger charge is 2.40. The SMILES string of the molecule is Cc1ccnc(C(C)C)c1-n1c(=O)c(S(C)(=O)=O)c(N2C[C@@H](C)N(C(=O)OC(C)(C)C)C[C@@H]2C)c2cc(Cl)c(-c3c(O)cccc3F)c(F)c21. The van der Waals surface area contributed by atoms with Gasteiger partial charge in [0.25, 0.3) is 5.56 Å². The number of aromatic hydroxyl groups is 1. The summed E-state index contributed by atoms with van der Waals surface area (Å²) in [7, 11) is -4.34. The summed E-state index contributed by atoms with van der Waals surface area (Å²) in [6, 6.07) is 5.25. The van der Waals surface area contributed by atoms with Crippen molar-refractivity contribution in [1.29, 1.82) is 0 Å². The Balaban J connectivity index is 1.96. The van der Waals surface area contributed by atoms with Gasteiger partial charge in [0.2, 0.25) is 0 Å². The number of hydrogen-bond acceptors (Lipinski definition) is 8. The summed E-state index contributed by atoms with van der Waals surface area (Å²) in [5.74, 6) is -3.00. The van der Waals surface area contributed by atoms with Crippen LogP contribution in [-0.4, -0.2) is 71.1 Å². The lowest BCUT2D eigenvalue weighted by Crippen LogP contribution is -2.59. The van der Waals surface area contributed by atoms with Crippen LogP contribution >= 0.6 is 11.6 Å². The molecular formula is C36H41ClF2N4O6S. The molecule has 3 heterocycles. The number of aromatic nitrogens is 2. The number of anilines is 1. The van der Waals surface area contributed by atoms with Crippen LogP contribution in [0.1, 0.15) is 65.6 Å². The van der Waals surface area contributed by atoms with E-state index >= 15 is 8.78 Å². The molecule has 0 bridgehead atoms. The van der Waals surface area contributed by atoms with Crippen molar-refractivity contribution in [2.75, 3.05) is 24.2 Å². The molecule has 1 fully saturated rings. The maximum absolute atomic E-state index is 17.5.